The van der Waals surface area contributed by atoms with Gasteiger partial charge >= 0.3 is 0 Å². The van der Waals surface area contributed by atoms with Crippen molar-refractivity contribution in [1.29, 1.82) is 0 Å². The lowest BCUT2D eigenvalue weighted by Crippen LogP contribution is -2.43. The maximum absolute atomic E-state index is 12.7. The van der Waals surface area contributed by atoms with Crippen LogP contribution in [0.2, 0.25) is 0 Å². The number of carbonyl (C=O) groups is 1. The monoisotopic (exact) mass is 327 g/mol. The van der Waals surface area contributed by atoms with E-state index >= 15 is 0 Å². The van der Waals surface area contributed by atoms with Crippen molar-refractivity contribution in [2.24, 2.45) is 11.3 Å². The molecule has 1 amide bonds. The fourth-order valence-electron chi connectivity index (χ4n) is 3.91. The quantitative estimate of drug-likeness (QED) is 0.941. The minimum Gasteiger partial charge on any atom is -0.349 e. The Hall–Kier alpha value is -2.24. The zero-order chi connectivity index (χ0) is 17.3. The maximum atomic E-state index is 12.7. The molecule has 1 aliphatic carbocycles. The van der Waals surface area contributed by atoms with Crippen LogP contribution in [0.15, 0.2) is 24.7 Å². The fourth-order valence-corrected chi connectivity index (χ4v) is 3.91. The first kappa shape index (κ1) is 16.6. The van der Waals surface area contributed by atoms with Gasteiger partial charge in [0.25, 0.3) is 5.91 Å². The highest BCUT2D eigenvalue weighted by atomic mass is 16.1. The standard InChI is InChI=1S/C18H25N5O/c1-12-8-14(10-18(3,4)9-12)21-16(24)15-11-23(22-13(15)2)17-19-6-5-7-20-17/h5-7,11-12,14H,8-10H2,1-4H3,(H,21,24). The molecule has 0 aliphatic heterocycles. The Kier molecular flexibility index (Phi) is 4.39. The van der Waals surface area contributed by atoms with Crippen LogP contribution in [0.1, 0.15) is 56.1 Å². The van der Waals surface area contributed by atoms with Gasteiger partial charge in [-0.1, -0.05) is 20.8 Å². The molecule has 3 rings (SSSR count). The molecule has 0 radical (unpaired) electrons. The van der Waals surface area contributed by atoms with Gasteiger partial charge in [-0.25, -0.2) is 14.6 Å². The summed E-state index contributed by atoms with van der Waals surface area (Å²) in [5.41, 5.74) is 1.54. The van der Waals surface area contributed by atoms with Crippen molar-refractivity contribution >= 4 is 5.91 Å². The van der Waals surface area contributed by atoms with Crippen LogP contribution in [0.4, 0.5) is 0 Å². The topological polar surface area (TPSA) is 72.7 Å². The van der Waals surface area contributed by atoms with Crippen LogP contribution in [-0.4, -0.2) is 31.7 Å². The first-order chi connectivity index (χ1) is 11.3. The second-order valence-corrected chi connectivity index (χ2v) is 7.71. The number of nitrogens with one attached hydrogen (secondary N) is 1. The predicted molar refractivity (Wildman–Crippen MR) is 91.9 cm³/mol. The Balaban J connectivity index is 1.75. The van der Waals surface area contributed by atoms with E-state index in [1.165, 1.54) is 6.42 Å². The number of nitrogens with zero attached hydrogens (tertiary/aromatic N) is 4. The smallest absolute Gasteiger partial charge is 0.254 e. The molecule has 2 heterocycles. The molecule has 24 heavy (non-hydrogen) atoms. The van der Waals surface area contributed by atoms with Gasteiger partial charge in [-0.3, -0.25) is 4.79 Å². The lowest BCUT2D eigenvalue weighted by molar-refractivity contribution is 0.0873. The van der Waals surface area contributed by atoms with E-state index in [-0.39, 0.29) is 17.4 Å². The molecule has 2 aromatic rings. The average molecular weight is 327 g/mol. The molecule has 1 aliphatic rings. The van der Waals surface area contributed by atoms with Gasteiger partial charge in [0.1, 0.15) is 0 Å². The van der Waals surface area contributed by atoms with Gasteiger partial charge in [-0.15, -0.1) is 0 Å². The summed E-state index contributed by atoms with van der Waals surface area (Å²) in [6, 6.07) is 1.96. The summed E-state index contributed by atoms with van der Waals surface area (Å²) >= 11 is 0. The number of hydrogen-bond acceptors (Lipinski definition) is 4. The van der Waals surface area contributed by atoms with Crippen LogP contribution in [-0.2, 0) is 0 Å². The van der Waals surface area contributed by atoms with E-state index < -0.39 is 0 Å². The van der Waals surface area contributed by atoms with Gasteiger partial charge in [-0.05, 0) is 43.6 Å². The molecule has 6 nitrogen and oxygen atoms in total. The predicted octanol–water partition coefficient (Wildman–Crippen LogP) is 2.92. The van der Waals surface area contributed by atoms with Crippen molar-refractivity contribution in [1.82, 2.24) is 25.1 Å². The van der Waals surface area contributed by atoms with E-state index in [0.29, 0.717) is 23.1 Å². The first-order valence-corrected chi connectivity index (χ1v) is 8.48. The van der Waals surface area contributed by atoms with Crippen LogP contribution in [0.5, 0.6) is 0 Å². The number of aryl methyl sites for hydroxylation is 1. The minimum atomic E-state index is -0.0652. The Labute approximate surface area is 142 Å². The Morgan fingerprint density at radius 3 is 2.67 bits per heavy atom. The molecule has 2 unspecified atom stereocenters. The molecule has 0 saturated heterocycles. The van der Waals surface area contributed by atoms with Gasteiger partial charge in [-0.2, -0.15) is 5.10 Å². The molecule has 1 fully saturated rings. The summed E-state index contributed by atoms with van der Waals surface area (Å²) in [6.07, 6.45) is 8.27. The van der Waals surface area contributed by atoms with E-state index in [1.54, 1.807) is 29.3 Å². The maximum Gasteiger partial charge on any atom is 0.254 e. The third kappa shape index (κ3) is 3.63. The summed E-state index contributed by atoms with van der Waals surface area (Å²) in [5, 5.41) is 7.56. The van der Waals surface area contributed by atoms with Crippen LogP contribution in [0.25, 0.3) is 5.95 Å². The van der Waals surface area contributed by atoms with Gasteiger partial charge in [0.2, 0.25) is 5.95 Å². The van der Waals surface area contributed by atoms with Crippen molar-refractivity contribution in [2.45, 2.75) is 53.0 Å². The molecule has 6 heteroatoms. The van der Waals surface area contributed by atoms with E-state index in [9.17, 15) is 4.79 Å². The molecule has 128 valence electrons. The number of aromatic nitrogens is 4. The number of amides is 1. The van der Waals surface area contributed by atoms with Gasteiger partial charge in [0.15, 0.2) is 0 Å². The highest BCUT2D eigenvalue weighted by Gasteiger charge is 2.33. The molecule has 0 bridgehead atoms. The van der Waals surface area contributed by atoms with Crippen LogP contribution < -0.4 is 5.32 Å². The molecule has 1 N–H and O–H groups in total. The van der Waals surface area contributed by atoms with E-state index in [2.05, 4.69) is 41.2 Å². The molecule has 2 atom stereocenters. The third-order valence-corrected chi connectivity index (χ3v) is 4.62. The zero-order valence-electron chi connectivity index (χ0n) is 14.8. The van der Waals surface area contributed by atoms with E-state index in [1.807, 2.05) is 6.92 Å². The van der Waals surface area contributed by atoms with Gasteiger partial charge in [0, 0.05) is 24.6 Å². The minimum absolute atomic E-state index is 0.0652. The van der Waals surface area contributed by atoms with Gasteiger partial charge in [0.05, 0.1) is 11.3 Å². The van der Waals surface area contributed by atoms with Crippen LogP contribution >= 0.6 is 0 Å². The summed E-state index contributed by atoms with van der Waals surface area (Å²) in [4.78, 5) is 21.0. The van der Waals surface area contributed by atoms with Crippen molar-refractivity contribution in [2.75, 3.05) is 0 Å². The average Bonchev–Trinajstić information content (AvgIpc) is 2.88. The highest BCUT2D eigenvalue weighted by molar-refractivity contribution is 5.95. The molecule has 0 aromatic carbocycles. The lowest BCUT2D eigenvalue weighted by Gasteiger charge is -2.39. The second-order valence-electron chi connectivity index (χ2n) is 7.71. The number of carbonyl (C=O) groups excluding carboxylic acids is 1. The lowest BCUT2D eigenvalue weighted by atomic mass is 9.70. The summed E-state index contributed by atoms with van der Waals surface area (Å²) in [6.45, 7) is 8.65. The highest BCUT2D eigenvalue weighted by Crippen LogP contribution is 2.38. The zero-order valence-corrected chi connectivity index (χ0v) is 14.8. The Bertz CT molecular complexity index is 722. The van der Waals surface area contributed by atoms with E-state index in [0.717, 1.165) is 12.8 Å². The van der Waals surface area contributed by atoms with Gasteiger partial charge < -0.3 is 5.32 Å². The first-order valence-electron chi connectivity index (χ1n) is 8.48. The fraction of sp³-hybridized carbons (Fsp3) is 0.556. The third-order valence-electron chi connectivity index (χ3n) is 4.62. The number of rotatable bonds is 3. The van der Waals surface area contributed by atoms with Crippen molar-refractivity contribution in [3.8, 4) is 5.95 Å². The molecular formula is C18H25N5O. The molecule has 2 aromatic heterocycles. The second kappa shape index (κ2) is 6.34. The van der Waals surface area contributed by atoms with Crippen molar-refractivity contribution in [3.63, 3.8) is 0 Å². The van der Waals surface area contributed by atoms with E-state index in [4.69, 9.17) is 0 Å². The SMILES string of the molecule is Cc1nn(-c2ncccn2)cc1C(=O)NC1CC(C)CC(C)(C)C1. The number of hydrogen-bond donors (Lipinski definition) is 1. The summed E-state index contributed by atoms with van der Waals surface area (Å²) < 4.78 is 1.55. The van der Waals surface area contributed by atoms with Crippen molar-refractivity contribution < 1.29 is 4.79 Å². The molecular weight excluding hydrogens is 302 g/mol. The van der Waals surface area contributed by atoms with Crippen LogP contribution in [0, 0.1) is 18.3 Å². The summed E-state index contributed by atoms with van der Waals surface area (Å²) in [5.74, 6) is 1.03. The Morgan fingerprint density at radius 2 is 2.00 bits per heavy atom. The van der Waals surface area contributed by atoms with Crippen LogP contribution in [0.3, 0.4) is 0 Å². The molecule has 1 saturated carbocycles. The van der Waals surface area contributed by atoms with Crippen molar-refractivity contribution in [3.05, 3.63) is 35.9 Å². The molecule has 0 spiro atoms. The normalized spacial score (nSPS) is 23.0. The summed E-state index contributed by atoms with van der Waals surface area (Å²) in [7, 11) is 0. The largest absolute Gasteiger partial charge is 0.349 e. The Morgan fingerprint density at radius 1 is 1.29 bits per heavy atom.